The van der Waals surface area contributed by atoms with E-state index in [-0.39, 0.29) is 24.8 Å². The summed E-state index contributed by atoms with van der Waals surface area (Å²) in [6.45, 7) is 4.83. The summed E-state index contributed by atoms with van der Waals surface area (Å²) in [6, 6.07) is 55.4. The Bertz CT molecular complexity index is 2590. The number of halogens is 2. The van der Waals surface area contributed by atoms with Crippen molar-refractivity contribution in [2.45, 2.75) is 44.6 Å². The molecule has 8 aromatic carbocycles. The standard InChI is InChI=1S/2C25H19.C2H4.2ClH.Ti/c2*1-2-17-14-18-10-7-13-23(24(18)15-17)25-21-11-5-3-8-19(21)16-20-9-4-6-12-22(20)25;1-2;;;/h2*3-16H,2H2,1H3;1-2H2;2*1H;/q;;;;;+2/p-2. The van der Waals surface area contributed by atoms with Gasteiger partial charge in [-0.3, -0.25) is 0 Å². The van der Waals surface area contributed by atoms with Crippen LogP contribution < -0.4 is 24.8 Å². The van der Waals surface area contributed by atoms with Crippen LogP contribution in [0, 0.1) is 0 Å². The van der Waals surface area contributed by atoms with Crippen LogP contribution in [0.4, 0.5) is 0 Å². The van der Waals surface area contributed by atoms with E-state index in [4.69, 9.17) is 0 Å². The Morgan fingerprint density at radius 3 is 1.11 bits per heavy atom. The average molecular weight is 786 g/mol. The third-order valence-corrected chi connectivity index (χ3v) is 21.5. The SMILES string of the molecule is CCC1=Cc2c(-c3c4ccccc4cc4ccccc34)cccc2[CH]1[Ti+2]1([CH]2C(CC)=Cc3c(-c4c5ccccc5cc5ccccc45)cccc32)[CH2][CH2]1.[Cl-].[Cl-]. The second kappa shape index (κ2) is 13.9. The number of fused-ring (bicyclic) bond motifs is 6. The maximum Gasteiger partial charge on any atom is -1.00 e. The molecule has 1 aliphatic heterocycles. The largest absolute Gasteiger partial charge is 1.00 e. The van der Waals surface area contributed by atoms with Crippen molar-refractivity contribution in [1.82, 2.24) is 0 Å². The van der Waals surface area contributed by atoms with Gasteiger partial charge in [0.1, 0.15) is 0 Å². The monoisotopic (exact) mass is 784 g/mol. The summed E-state index contributed by atoms with van der Waals surface area (Å²) in [5, 5.41) is 10.7. The van der Waals surface area contributed by atoms with Crippen molar-refractivity contribution in [2.24, 2.45) is 0 Å². The zero-order valence-electron chi connectivity index (χ0n) is 31.3. The van der Waals surface area contributed by atoms with Crippen molar-refractivity contribution in [1.29, 1.82) is 0 Å². The Morgan fingerprint density at radius 2 is 0.782 bits per heavy atom. The van der Waals surface area contributed by atoms with Gasteiger partial charge in [-0.15, -0.1) is 0 Å². The summed E-state index contributed by atoms with van der Waals surface area (Å²) in [4.78, 5) is 0. The minimum Gasteiger partial charge on any atom is -1.00 e. The third-order valence-electron chi connectivity index (χ3n) is 13.2. The van der Waals surface area contributed by atoms with Crippen LogP contribution >= 0.6 is 0 Å². The van der Waals surface area contributed by atoms with Gasteiger partial charge in [-0.1, -0.05) is 0 Å². The fraction of sp³-hybridized carbons (Fsp3) is 0.154. The van der Waals surface area contributed by atoms with Crippen molar-refractivity contribution >= 4 is 55.2 Å². The molecule has 8 aromatic rings. The molecule has 0 radical (unpaired) electrons. The maximum atomic E-state index is 2.65. The number of hydrogen-bond donors (Lipinski definition) is 0. The molecule has 1 heterocycles. The summed E-state index contributed by atoms with van der Waals surface area (Å²) >= 11 is -2.57. The summed E-state index contributed by atoms with van der Waals surface area (Å²) in [5.74, 6) is 0. The van der Waals surface area contributed by atoms with E-state index in [1.165, 1.54) is 85.9 Å². The molecule has 3 heteroatoms. The van der Waals surface area contributed by atoms with Gasteiger partial charge in [-0.05, 0) is 0 Å². The minimum atomic E-state index is -2.57. The second-order valence-electron chi connectivity index (χ2n) is 15.7. The van der Waals surface area contributed by atoms with Gasteiger partial charge in [-0.2, -0.15) is 0 Å². The van der Waals surface area contributed by atoms with Crippen molar-refractivity contribution in [3.8, 4) is 22.3 Å². The predicted octanol–water partition coefficient (Wildman–Crippen LogP) is 9.04. The van der Waals surface area contributed by atoms with Crippen LogP contribution in [0.1, 0.15) is 57.4 Å². The molecule has 0 nitrogen and oxygen atoms in total. The van der Waals surface area contributed by atoms with Gasteiger partial charge in [0.2, 0.25) is 0 Å². The zero-order chi connectivity index (χ0) is 35.3. The number of hydrogen-bond acceptors (Lipinski definition) is 0. The van der Waals surface area contributed by atoms with Gasteiger partial charge < -0.3 is 24.8 Å². The Morgan fingerprint density at radius 1 is 0.436 bits per heavy atom. The first-order valence-electron chi connectivity index (χ1n) is 19.7. The van der Waals surface area contributed by atoms with Gasteiger partial charge in [-0.25, -0.2) is 0 Å². The number of allylic oxidation sites excluding steroid dienone is 2. The molecular formula is C52H42Cl2Ti. The van der Waals surface area contributed by atoms with Crippen LogP contribution in [0.3, 0.4) is 0 Å². The Hall–Kier alpha value is -4.43. The summed E-state index contributed by atoms with van der Waals surface area (Å²) in [6.07, 6.45) is 7.55. The second-order valence-corrected chi connectivity index (χ2v) is 23.0. The first kappa shape index (κ1) is 36.2. The average Bonchev–Trinajstić information content (AvgIpc) is 3.74. The fourth-order valence-corrected chi connectivity index (χ4v) is 21.4. The van der Waals surface area contributed by atoms with Crippen LogP contribution in [0.25, 0.3) is 77.5 Å². The Balaban J connectivity index is 0.00000198. The number of rotatable bonds is 6. The molecule has 2 atom stereocenters. The molecule has 0 spiro atoms. The van der Waals surface area contributed by atoms with Gasteiger partial charge >= 0.3 is 318 Å². The molecule has 2 unspecified atom stereocenters. The topological polar surface area (TPSA) is 0 Å². The molecule has 2 aliphatic carbocycles. The third kappa shape index (κ3) is 5.37. The molecule has 1 saturated heterocycles. The van der Waals surface area contributed by atoms with E-state index in [1.807, 2.05) is 0 Å². The van der Waals surface area contributed by atoms with Gasteiger partial charge in [0.25, 0.3) is 0 Å². The molecule has 55 heavy (non-hydrogen) atoms. The van der Waals surface area contributed by atoms with Crippen LogP contribution in [-0.4, -0.2) is 0 Å². The maximum absolute atomic E-state index is 2.65. The van der Waals surface area contributed by atoms with Crippen LogP contribution in [0.15, 0.2) is 157 Å². The molecule has 11 rings (SSSR count). The molecular weight excluding hydrogens is 743 g/mol. The summed E-state index contributed by atoms with van der Waals surface area (Å²) in [5.41, 5.74) is 15.2. The summed E-state index contributed by atoms with van der Waals surface area (Å²) < 4.78 is 4.10. The van der Waals surface area contributed by atoms with Crippen LogP contribution in [0.2, 0.25) is 9.45 Å². The normalized spacial score (nSPS) is 17.1. The predicted molar refractivity (Wildman–Crippen MR) is 225 cm³/mol. The van der Waals surface area contributed by atoms with Crippen molar-refractivity contribution < 1.29 is 41.4 Å². The van der Waals surface area contributed by atoms with E-state index in [0.29, 0.717) is 8.45 Å². The van der Waals surface area contributed by atoms with Gasteiger partial charge in [0, 0.05) is 0 Å². The Kier molecular flexibility index (Phi) is 9.19. The molecule has 268 valence electrons. The van der Waals surface area contributed by atoms with E-state index in [0.717, 1.165) is 12.8 Å². The molecule has 0 saturated carbocycles. The van der Waals surface area contributed by atoms with E-state index in [1.54, 1.807) is 22.3 Å². The Labute approximate surface area is 340 Å². The summed E-state index contributed by atoms with van der Waals surface area (Å²) in [7, 11) is 0. The molecule has 0 bridgehead atoms. The van der Waals surface area contributed by atoms with Crippen LogP contribution in [0.5, 0.6) is 0 Å². The van der Waals surface area contributed by atoms with Crippen molar-refractivity contribution in [3.63, 3.8) is 0 Å². The first-order chi connectivity index (χ1) is 26.2. The fourth-order valence-electron chi connectivity index (χ4n) is 10.8. The van der Waals surface area contributed by atoms with Crippen LogP contribution in [-0.2, 0) is 16.6 Å². The van der Waals surface area contributed by atoms with Gasteiger partial charge in [0.05, 0.1) is 0 Å². The number of benzene rings is 8. The molecule has 0 aromatic heterocycles. The van der Waals surface area contributed by atoms with Gasteiger partial charge in [0.15, 0.2) is 0 Å². The first-order valence-corrected chi connectivity index (χ1v) is 23.7. The quantitative estimate of drug-likeness (QED) is 0.117. The van der Waals surface area contributed by atoms with Crippen molar-refractivity contribution in [2.75, 3.05) is 0 Å². The molecule has 3 aliphatic rings. The minimum absolute atomic E-state index is 0. The molecule has 1 fully saturated rings. The van der Waals surface area contributed by atoms with E-state index in [2.05, 4.69) is 172 Å². The smallest absolute Gasteiger partial charge is 1.00 e. The molecule has 0 N–H and O–H groups in total. The van der Waals surface area contributed by atoms with Crippen molar-refractivity contribution in [3.05, 3.63) is 179 Å². The van der Waals surface area contributed by atoms with E-state index < -0.39 is 16.6 Å². The zero-order valence-corrected chi connectivity index (χ0v) is 34.3. The molecule has 0 amide bonds. The van der Waals surface area contributed by atoms with E-state index >= 15 is 0 Å². The van der Waals surface area contributed by atoms with E-state index in [9.17, 15) is 0 Å².